The molecule has 0 aliphatic carbocycles. The van der Waals surface area contributed by atoms with E-state index in [2.05, 4.69) is 13.8 Å². The second-order valence-electron chi connectivity index (χ2n) is 5.56. The molecule has 0 spiro atoms. The van der Waals surface area contributed by atoms with Gasteiger partial charge in [0.2, 0.25) is 0 Å². The molecule has 1 saturated heterocycles. The molecule has 0 saturated carbocycles. The molecule has 102 valence electrons. The van der Waals surface area contributed by atoms with Gasteiger partial charge in [0.05, 0.1) is 11.4 Å². The summed E-state index contributed by atoms with van der Waals surface area (Å²) in [5.41, 5.74) is -0.812. The third-order valence-corrected chi connectivity index (χ3v) is 6.92. The van der Waals surface area contributed by atoms with Crippen LogP contribution in [-0.4, -0.2) is 42.1 Å². The van der Waals surface area contributed by atoms with Crippen LogP contribution in [0.5, 0.6) is 0 Å². The first kappa shape index (κ1) is 15.3. The Morgan fingerprint density at radius 2 is 2.00 bits per heavy atom. The van der Waals surface area contributed by atoms with Crippen molar-refractivity contribution in [2.45, 2.75) is 45.6 Å². The minimum atomic E-state index is -2.90. The number of aliphatic hydroxyl groups is 1. The van der Waals surface area contributed by atoms with Gasteiger partial charge in [0.1, 0.15) is 9.84 Å². The molecule has 0 bridgehead atoms. The molecular weight excluding hydrogens is 256 g/mol. The van der Waals surface area contributed by atoms with Gasteiger partial charge >= 0.3 is 0 Å². The Kier molecular flexibility index (Phi) is 4.95. The standard InChI is InChI=1S/C12H24O3S2/c1-4-17(14,15)9-5-6-12(13)10-16-8-7-11(12,2)3/h13H,4-10H2,1-3H3. The number of sulfone groups is 1. The predicted octanol–water partition coefficient (Wildman–Crippen LogP) is 2.10. The topological polar surface area (TPSA) is 54.4 Å². The van der Waals surface area contributed by atoms with Crippen molar-refractivity contribution >= 4 is 21.6 Å². The van der Waals surface area contributed by atoms with Crippen LogP contribution in [0, 0.1) is 5.41 Å². The SMILES string of the molecule is CCS(=O)(=O)CCCC1(O)CSCCC1(C)C. The third-order valence-electron chi connectivity index (χ3n) is 3.96. The van der Waals surface area contributed by atoms with Crippen LogP contribution in [0.3, 0.4) is 0 Å². The lowest BCUT2D eigenvalue weighted by Crippen LogP contribution is -2.50. The van der Waals surface area contributed by atoms with E-state index in [1.807, 2.05) is 0 Å². The summed E-state index contributed by atoms with van der Waals surface area (Å²) in [7, 11) is -2.90. The van der Waals surface area contributed by atoms with Crippen LogP contribution in [0.4, 0.5) is 0 Å². The maximum absolute atomic E-state index is 11.4. The van der Waals surface area contributed by atoms with E-state index in [1.165, 1.54) is 0 Å². The Balaban J connectivity index is 2.55. The van der Waals surface area contributed by atoms with E-state index in [0.29, 0.717) is 12.8 Å². The zero-order valence-corrected chi connectivity index (χ0v) is 12.7. The molecule has 0 aromatic heterocycles. The number of hydrogen-bond acceptors (Lipinski definition) is 4. The highest BCUT2D eigenvalue weighted by Gasteiger charge is 2.44. The van der Waals surface area contributed by atoms with Crippen LogP contribution in [0.25, 0.3) is 0 Å². The summed E-state index contributed by atoms with van der Waals surface area (Å²) in [6.45, 7) is 5.84. The van der Waals surface area contributed by atoms with E-state index in [4.69, 9.17) is 0 Å². The van der Waals surface area contributed by atoms with Gasteiger partial charge in [-0.25, -0.2) is 8.42 Å². The monoisotopic (exact) mass is 280 g/mol. The molecule has 1 fully saturated rings. The molecular formula is C12H24O3S2. The van der Waals surface area contributed by atoms with E-state index >= 15 is 0 Å². The summed E-state index contributed by atoms with van der Waals surface area (Å²) < 4.78 is 22.8. The van der Waals surface area contributed by atoms with Crippen LogP contribution in [0.15, 0.2) is 0 Å². The summed E-state index contributed by atoms with van der Waals surface area (Å²) in [5, 5.41) is 10.7. The largest absolute Gasteiger partial charge is 0.388 e. The highest BCUT2D eigenvalue weighted by atomic mass is 32.2. The van der Waals surface area contributed by atoms with Crippen LogP contribution < -0.4 is 0 Å². The lowest BCUT2D eigenvalue weighted by molar-refractivity contribution is -0.0585. The lowest BCUT2D eigenvalue weighted by Gasteiger charge is -2.46. The van der Waals surface area contributed by atoms with Gasteiger partial charge in [-0.15, -0.1) is 0 Å². The fraction of sp³-hybridized carbons (Fsp3) is 1.00. The Morgan fingerprint density at radius 1 is 1.35 bits per heavy atom. The van der Waals surface area contributed by atoms with Crippen molar-refractivity contribution in [1.29, 1.82) is 0 Å². The second kappa shape index (κ2) is 5.49. The average Bonchev–Trinajstić information content (AvgIpc) is 2.23. The summed E-state index contributed by atoms with van der Waals surface area (Å²) >= 11 is 1.77. The number of hydrogen-bond donors (Lipinski definition) is 1. The van der Waals surface area contributed by atoms with Crippen molar-refractivity contribution in [3.05, 3.63) is 0 Å². The van der Waals surface area contributed by atoms with Gasteiger partial charge in [-0.3, -0.25) is 0 Å². The summed E-state index contributed by atoms with van der Waals surface area (Å²) in [6.07, 6.45) is 2.15. The van der Waals surface area contributed by atoms with Crippen molar-refractivity contribution in [3.8, 4) is 0 Å². The van der Waals surface area contributed by atoms with Crippen molar-refractivity contribution in [3.63, 3.8) is 0 Å². The third kappa shape index (κ3) is 3.86. The zero-order valence-electron chi connectivity index (χ0n) is 11.0. The fourth-order valence-electron chi connectivity index (χ4n) is 2.14. The van der Waals surface area contributed by atoms with E-state index < -0.39 is 15.4 Å². The summed E-state index contributed by atoms with van der Waals surface area (Å²) in [6, 6.07) is 0. The van der Waals surface area contributed by atoms with E-state index in [0.717, 1.165) is 17.9 Å². The first-order chi connectivity index (χ1) is 7.72. The van der Waals surface area contributed by atoms with Crippen molar-refractivity contribution < 1.29 is 13.5 Å². The Morgan fingerprint density at radius 3 is 2.53 bits per heavy atom. The Hall–Kier alpha value is 0.260. The molecule has 1 aliphatic heterocycles. The molecule has 17 heavy (non-hydrogen) atoms. The molecule has 0 aromatic carbocycles. The molecule has 0 amide bonds. The fourth-order valence-corrected chi connectivity index (χ4v) is 4.68. The first-order valence-corrected chi connectivity index (χ1v) is 9.21. The van der Waals surface area contributed by atoms with Crippen molar-refractivity contribution in [2.24, 2.45) is 5.41 Å². The number of rotatable bonds is 5. The number of thioether (sulfide) groups is 1. The van der Waals surface area contributed by atoms with Gasteiger partial charge in [-0.2, -0.15) is 11.8 Å². The second-order valence-corrected chi connectivity index (χ2v) is 9.14. The van der Waals surface area contributed by atoms with Crippen molar-refractivity contribution in [2.75, 3.05) is 23.0 Å². The van der Waals surface area contributed by atoms with Gasteiger partial charge in [-0.05, 0) is 30.4 Å². The molecule has 1 atom stereocenters. The smallest absolute Gasteiger partial charge is 0.150 e. The first-order valence-electron chi connectivity index (χ1n) is 6.23. The Bertz CT molecular complexity index is 349. The molecule has 1 unspecified atom stereocenters. The van der Waals surface area contributed by atoms with Gasteiger partial charge in [0.15, 0.2) is 0 Å². The van der Waals surface area contributed by atoms with E-state index in [1.54, 1.807) is 18.7 Å². The van der Waals surface area contributed by atoms with E-state index in [-0.39, 0.29) is 16.9 Å². The molecule has 3 nitrogen and oxygen atoms in total. The maximum atomic E-state index is 11.4. The van der Waals surface area contributed by atoms with Gasteiger partial charge in [-0.1, -0.05) is 20.8 Å². The van der Waals surface area contributed by atoms with Crippen LogP contribution in [-0.2, 0) is 9.84 Å². The minimum absolute atomic E-state index is 0.103. The summed E-state index contributed by atoms with van der Waals surface area (Å²) in [4.78, 5) is 0. The molecule has 1 aliphatic rings. The molecule has 1 N–H and O–H groups in total. The molecule has 0 radical (unpaired) electrons. The van der Waals surface area contributed by atoms with Gasteiger partial charge < -0.3 is 5.11 Å². The predicted molar refractivity (Wildman–Crippen MR) is 74.2 cm³/mol. The molecule has 0 aromatic rings. The van der Waals surface area contributed by atoms with Crippen LogP contribution in [0.2, 0.25) is 0 Å². The van der Waals surface area contributed by atoms with E-state index in [9.17, 15) is 13.5 Å². The van der Waals surface area contributed by atoms with Gasteiger partial charge in [0, 0.05) is 11.5 Å². The quantitative estimate of drug-likeness (QED) is 0.838. The van der Waals surface area contributed by atoms with Crippen LogP contribution in [0.1, 0.15) is 40.0 Å². The highest BCUT2D eigenvalue weighted by Crippen LogP contribution is 2.44. The molecule has 5 heteroatoms. The normalized spacial score (nSPS) is 29.2. The maximum Gasteiger partial charge on any atom is 0.150 e. The minimum Gasteiger partial charge on any atom is -0.388 e. The molecule has 1 rings (SSSR count). The summed E-state index contributed by atoms with van der Waals surface area (Å²) in [5.74, 6) is 2.21. The van der Waals surface area contributed by atoms with Crippen LogP contribution >= 0.6 is 11.8 Å². The molecule has 1 heterocycles. The zero-order chi connectivity index (χ0) is 13.2. The lowest BCUT2D eigenvalue weighted by atomic mass is 9.71. The van der Waals surface area contributed by atoms with Crippen molar-refractivity contribution in [1.82, 2.24) is 0 Å². The van der Waals surface area contributed by atoms with Gasteiger partial charge in [0.25, 0.3) is 0 Å². The Labute approximate surface area is 109 Å². The highest BCUT2D eigenvalue weighted by molar-refractivity contribution is 7.99. The average molecular weight is 280 g/mol.